The van der Waals surface area contributed by atoms with E-state index in [0.29, 0.717) is 24.5 Å². The van der Waals surface area contributed by atoms with Gasteiger partial charge in [0.2, 0.25) is 0 Å². The minimum atomic E-state index is 0.374. The first-order valence-corrected chi connectivity index (χ1v) is 10.3. The summed E-state index contributed by atoms with van der Waals surface area (Å²) < 4.78 is 5.39. The molecule has 0 saturated carbocycles. The molecule has 2 heterocycles. The van der Waals surface area contributed by atoms with Crippen LogP contribution in [0.3, 0.4) is 0 Å². The maximum atomic E-state index is 5.39. The molecular formula is C22H33N5O. The van der Waals surface area contributed by atoms with Crippen LogP contribution < -0.4 is 10.6 Å². The summed E-state index contributed by atoms with van der Waals surface area (Å²) in [6.07, 6.45) is 2.22. The average molecular weight is 384 g/mol. The number of hydrogen-bond donors (Lipinski definition) is 2. The third-order valence-corrected chi connectivity index (χ3v) is 5.52. The Morgan fingerprint density at radius 3 is 2.54 bits per heavy atom. The van der Waals surface area contributed by atoms with Gasteiger partial charge in [-0.1, -0.05) is 49.3 Å². The summed E-state index contributed by atoms with van der Waals surface area (Å²) >= 11 is 0. The highest BCUT2D eigenvalue weighted by Crippen LogP contribution is 2.24. The molecule has 1 aromatic heterocycles. The predicted octanol–water partition coefficient (Wildman–Crippen LogP) is 3.69. The van der Waals surface area contributed by atoms with Crippen LogP contribution in [0.4, 0.5) is 0 Å². The summed E-state index contributed by atoms with van der Waals surface area (Å²) in [6.45, 7) is 9.28. The van der Waals surface area contributed by atoms with Crippen LogP contribution in [0.15, 0.2) is 45.9 Å². The smallest absolute Gasteiger partial charge is 0.191 e. The molecule has 1 aliphatic rings. The molecule has 0 radical (unpaired) electrons. The van der Waals surface area contributed by atoms with Crippen molar-refractivity contribution in [2.24, 2.45) is 4.99 Å². The van der Waals surface area contributed by atoms with Gasteiger partial charge in [-0.2, -0.15) is 0 Å². The summed E-state index contributed by atoms with van der Waals surface area (Å²) in [4.78, 5) is 6.92. The van der Waals surface area contributed by atoms with E-state index in [1.165, 1.54) is 5.56 Å². The molecule has 2 aromatic rings. The number of benzene rings is 1. The molecule has 0 amide bonds. The van der Waals surface area contributed by atoms with E-state index in [2.05, 4.69) is 76.8 Å². The second-order valence-corrected chi connectivity index (χ2v) is 7.84. The van der Waals surface area contributed by atoms with Crippen molar-refractivity contribution < 1.29 is 4.52 Å². The number of nitrogens with zero attached hydrogens (tertiary/aromatic N) is 3. The molecule has 28 heavy (non-hydrogen) atoms. The number of aromatic nitrogens is 1. The van der Waals surface area contributed by atoms with Crippen molar-refractivity contribution >= 4 is 5.96 Å². The number of nitrogens with one attached hydrogen (secondary N) is 2. The Balaban J connectivity index is 1.45. The van der Waals surface area contributed by atoms with Gasteiger partial charge in [-0.15, -0.1) is 0 Å². The van der Waals surface area contributed by atoms with E-state index in [1.807, 2.05) is 13.1 Å². The van der Waals surface area contributed by atoms with Gasteiger partial charge in [0.15, 0.2) is 11.7 Å². The lowest BCUT2D eigenvalue weighted by Crippen LogP contribution is -2.48. The van der Waals surface area contributed by atoms with Crippen LogP contribution in [0.25, 0.3) is 0 Å². The van der Waals surface area contributed by atoms with Crippen molar-refractivity contribution in [3.63, 3.8) is 0 Å². The van der Waals surface area contributed by atoms with E-state index in [0.717, 1.165) is 43.3 Å². The van der Waals surface area contributed by atoms with Gasteiger partial charge in [0.1, 0.15) is 0 Å². The van der Waals surface area contributed by atoms with Crippen LogP contribution in [-0.4, -0.2) is 42.2 Å². The lowest BCUT2D eigenvalue weighted by atomic mass is 10.0. The minimum absolute atomic E-state index is 0.374. The molecule has 1 aromatic carbocycles. The van der Waals surface area contributed by atoms with E-state index in [-0.39, 0.29) is 0 Å². The fraction of sp³-hybridized carbons (Fsp3) is 0.545. The second kappa shape index (κ2) is 9.73. The molecular weight excluding hydrogens is 350 g/mol. The van der Waals surface area contributed by atoms with E-state index in [4.69, 9.17) is 4.52 Å². The van der Waals surface area contributed by atoms with Crippen molar-refractivity contribution in [2.45, 2.75) is 58.2 Å². The molecule has 6 heteroatoms. The van der Waals surface area contributed by atoms with Crippen molar-refractivity contribution in [1.82, 2.24) is 20.7 Å². The normalized spacial score (nSPS) is 17.7. The molecule has 0 bridgehead atoms. The van der Waals surface area contributed by atoms with Crippen LogP contribution in [0, 0.1) is 0 Å². The monoisotopic (exact) mass is 383 g/mol. The van der Waals surface area contributed by atoms with E-state index in [1.54, 1.807) is 0 Å². The van der Waals surface area contributed by atoms with Crippen LogP contribution in [0.1, 0.15) is 62.6 Å². The van der Waals surface area contributed by atoms with Crippen LogP contribution in [-0.2, 0) is 6.54 Å². The van der Waals surface area contributed by atoms with Crippen molar-refractivity contribution in [1.29, 1.82) is 0 Å². The zero-order valence-electron chi connectivity index (χ0n) is 17.5. The molecule has 0 aliphatic carbocycles. The molecule has 152 valence electrons. The van der Waals surface area contributed by atoms with Gasteiger partial charge in [0, 0.05) is 38.3 Å². The topological polar surface area (TPSA) is 65.7 Å². The van der Waals surface area contributed by atoms with Crippen molar-refractivity contribution in [3.8, 4) is 0 Å². The van der Waals surface area contributed by atoms with Gasteiger partial charge < -0.3 is 15.2 Å². The maximum absolute atomic E-state index is 5.39. The lowest BCUT2D eigenvalue weighted by Gasteiger charge is -2.37. The van der Waals surface area contributed by atoms with Gasteiger partial charge in [0.25, 0.3) is 0 Å². The highest BCUT2D eigenvalue weighted by Gasteiger charge is 2.24. The Bertz CT molecular complexity index is 747. The highest BCUT2D eigenvalue weighted by atomic mass is 16.5. The highest BCUT2D eigenvalue weighted by molar-refractivity contribution is 5.79. The van der Waals surface area contributed by atoms with Crippen molar-refractivity contribution in [2.75, 3.05) is 20.1 Å². The number of rotatable bonds is 6. The number of hydrogen-bond acceptors (Lipinski definition) is 4. The molecule has 3 rings (SSSR count). The van der Waals surface area contributed by atoms with Crippen LogP contribution >= 0.6 is 0 Å². The van der Waals surface area contributed by atoms with Gasteiger partial charge in [-0.3, -0.25) is 9.89 Å². The molecule has 1 saturated heterocycles. The van der Waals surface area contributed by atoms with Crippen molar-refractivity contribution in [3.05, 3.63) is 53.4 Å². The first-order chi connectivity index (χ1) is 13.6. The molecule has 0 spiro atoms. The fourth-order valence-corrected chi connectivity index (χ4v) is 3.62. The summed E-state index contributed by atoms with van der Waals surface area (Å²) in [5, 5.41) is 11.0. The molecule has 6 nitrogen and oxygen atoms in total. The largest absolute Gasteiger partial charge is 0.359 e. The predicted molar refractivity (Wildman–Crippen MR) is 113 cm³/mol. The lowest BCUT2D eigenvalue weighted by molar-refractivity contribution is 0.158. The van der Waals surface area contributed by atoms with E-state index in [9.17, 15) is 0 Å². The molecule has 1 unspecified atom stereocenters. The number of piperidine rings is 1. The van der Waals surface area contributed by atoms with Gasteiger partial charge in [-0.25, -0.2) is 0 Å². The van der Waals surface area contributed by atoms with Gasteiger partial charge in [0.05, 0.1) is 12.2 Å². The molecule has 1 aliphatic heterocycles. The zero-order chi connectivity index (χ0) is 19.9. The number of guanidine groups is 1. The average Bonchev–Trinajstić information content (AvgIpc) is 3.21. The fourth-order valence-electron chi connectivity index (χ4n) is 3.62. The Morgan fingerprint density at radius 2 is 1.93 bits per heavy atom. The SMILES string of the molecule is CN=C(NCc1cc(C(C)C)no1)NC1CCN(C(C)c2ccccc2)CC1. The summed E-state index contributed by atoms with van der Waals surface area (Å²) in [7, 11) is 1.81. The summed E-state index contributed by atoms with van der Waals surface area (Å²) in [5.41, 5.74) is 2.37. The Hall–Kier alpha value is -2.34. The quantitative estimate of drug-likeness (QED) is 0.588. The Morgan fingerprint density at radius 1 is 1.21 bits per heavy atom. The first kappa shape index (κ1) is 20.4. The standard InChI is InChI=1S/C22H33N5O/c1-16(2)21-14-20(28-26-21)15-24-22(23-4)25-19-10-12-27(13-11-19)17(3)18-8-6-5-7-9-18/h5-9,14,16-17,19H,10-13,15H2,1-4H3,(H2,23,24,25). The maximum Gasteiger partial charge on any atom is 0.191 e. The van der Waals surface area contributed by atoms with E-state index < -0.39 is 0 Å². The van der Waals surface area contributed by atoms with Crippen LogP contribution in [0.5, 0.6) is 0 Å². The van der Waals surface area contributed by atoms with Gasteiger partial charge >= 0.3 is 0 Å². The summed E-state index contributed by atoms with van der Waals surface area (Å²) in [6, 6.07) is 13.7. The zero-order valence-corrected chi connectivity index (χ0v) is 17.5. The molecule has 2 N–H and O–H groups in total. The molecule has 1 atom stereocenters. The molecule has 1 fully saturated rings. The first-order valence-electron chi connectivity index (χ1n) is 10.3. The number of aliphatic imine (C=N–C) groups is 1. The minimum Gasteiger partial charge on any atom is -0.359 e. The third kappa shape index (κ3) is 5.35. The summed E-state index contributed by atoms with van der Waals surface area (Å²) in [5.74, 6) is 2.02. The Labute approximate surface area is 168 Å². The van der Waals surface area contributed by atoms with Gasteiger partial charge in [-0.05, 0) is 31.2 Å². The Kier molecular flexibility index (Phi) is 7.09. The second-order valence-electron chi connectivity index (χ2n) is 7.84. The van der Waals surface area contributed by atoms with Crippen LogP contribution in [0.2, 0.25) is 0 Å². The van der Waals surface area contributed by atoms with E-state index >= 15 is 0 Å². The third-order valence-electron chi connectivity index (χ3n) is 5.52. The number of likely N-dealkylation sites (tertiary alicyclic amines) is 1.